The van der Waals surface area contributed by atoms with Gasteiger partial charge < -0.3 is 20.8 Å². The number of amides is 2. The molecule has 0 aliphatic heterocycles. The molecular formula is C12H20F4N2O4. The van der Waals surface area contributed by atoms with Gasteiger partial charge in [-0.1, -0.05) is 0 Å². The third-order valence-electron chi connectivity index (χ3n) is 3.13. The fraction of sp³-hybridized carbons (Fsp3) is 0.833. The van der Waals surface area contributed by atoms with Crippen molar-refractivity contribution in [1.82, 2.24) is 10.6 Å². The summed E-state index contributed by atoms with van der Waals surface area (Å²) in [6.45, 7) is 4.59. The van der Waals surface area contributed by atoms with Crippen LogP contribution in [0.4, 0.5) is 17.6 Å². The summed E-state index contributed by atoms with van der Waals surface area (Å²) in [5.74, 6) is -15.4. The Bertz CT molecular complexity index is 378. The highest BCUT2D eigenvalue weighted by atomic mass is 19.3. The standard InChI is InChI=1S/C12H20F4N2O4/c1-5(7(3)19)17-9(21)11(13,14)12(15,16)10(22)18-6(2)8(4)20/h5-8,19-20H,1-4H3,(H,17,21)(H,18,22)/t5-,6+,7-,8-/m1/s1. The van der Waals surface area contributed by atoms with E-state index in [0.29, 0.717) is 0 Å². The molecule has 130 valence electrons. The summed E-state index contributed by atoms with van der Waals surface area (Å²) in [6, 6.07) is -2.43. The molecule has 0 bridgehead atoms. The molecule has 0 aliphatic rings. The van der Waals surface area contributed by atoms with Crippen LogP contribution in [0.15, 0.2) is 0 Å². The Labute approximate surface area is 124 Å². The Morgan fingerprint density at radius 3 is 1.18 bits per heavy atom. The van der Waals surface area contributed by atoms with Crippen molar-refractivity contribution in [2.24, 2.45) is 0 Å². The van der Waals surface area contributed by atoms with Gasteiger partial charge in [-0.25, -0.2) is 0 Å². The number of hydrogen-bond donors (Lipinski definition) is 4. The summed E-state index contributed by atoms with van der Waals surface area (Å²) in [5.41, 5.74) is 0. The van der Waals surface area contributed by atoms with Crippen LogP contribution in [0.1, 0.15) is 27.7 Å². The maximum Gasteiger partial charge on any atom is 0.395 e. The minimum atomic E-state index is -5.32. The van der Waals surface area contributed by atoms with E-state index >= 15 is 0 Å². The van der Waals surface area contributed by atoms with Gasteiger partial charge in [0.2, 0.25) is 0 Å². The van der Waals surface area contributed by atoms with Gasteiger partial charge in [-0.15, -0.1) is 0 Å². The van der Waals surface area contributed by atoms with E-state index in [1.165, 1.54) is 10.6 Å². The molecule has 0 rings (SSSR count). The van der Waals surface area contributed by atoms with Crippen LogP contribution in [0.2, 0.25) is 0 Å². The van der Waals surface area contributed by atoms with Crippen molar-refractivity contribution < 1.29 is 37.4 Å². The quantitative estimate of drug-likeness (QED) is 0.494. The summed E-state index contributed by atoms with van der Waals surface area (Å²) in [6.07, 6.45) is -2.50. The van der Waals surface area contributed by atoms with E-state index in [2.05, 4.69) is 0 Å². The van der Waals surface area contributed by atoms with Crippen molar-refractivity contribution in [2.45, 2.75) is 63.8 Å². The fourth-order valence-corrected chi connectivity index (χ4v) is 1.12. The number of nitrogens with one attached hydrogen (secondary N) is 2. The van der Waals surface area contributed by atoms with E-state index < -0.39 is 48.0 Å². The first-order chi connectivity index (χ1) is 9.75. The molecule has 22 heavy (non-hydrogen) atoms. The van der Waals surface area contributed by atoms with Crippen molar-refractivity contribution in [2.75, 3.05) is 0 Å². The van der Waals surface area contributed by atoms with Gasteiger partial charge in [-0.2, -0.15) is 17.6 Å². The maximum absolute atomic E-state index is 13.6. The molecule has 4 N–H and O–H groups in total. The molecule has 0 saturated heterocycles. The van der Waals surface area contributed by atoms with Gasteiger partial charge in [0, 0.05) is 0 Å². The smallest absolute Gasteiger partial charge is 0.391 e. The molecule has 4 atom stereocenters. The SMILES string of the molecule is C[C@H](NC(=O)C(F)(F)C(F)(F)C(=O)N[C@H](C)[C@@H](C)O)[C@@H](C)O. The van der Waals surface area contributed by atoms with E-state index in [-0.39, 0.29) is 0 Å². The minimum absolute atomic E-state index is 1.13. The first kappa shape index (κ1) is 20.6. The molecule has 0 fully saturated rings. The average Bonchev–Trinajstić information content (AvgIpc) is 2.37. The number of hydrogen-bond acceptors (Lipinski definition) is 4. The normalized spacial score (nSPS) is 18.1. The van der Waals surface area contributed by atoms with Gasteiger partial charge in [0.25, 0.3) is 11.8 Å². The number of rotatable bonds is 7. The van der Waals surface area contributed by atoms with Crippen LogP contribution in [0, 0.1) is 0 Å². The lowest BCUT2D eigenvalue weighted by atomic mass is 10.1. The first-order valence-electron chi connectivity index (χ1n) is 6.48. The molecule has 0 spiro atoms. The summed E-state index contributed by atoms with van der Waals surface area (Å²) in [7, 11) is 0. The highest BCUT2D eigenvalue weighted by Gasteiger charge is 2.67. The largest absolute Gasteiger partial charge is 0.395 e. The molecule has 10 heteroatoms. The van der Waals surface area contributed by atoms with E-state index in [4.69, 9.17) is 10.2 Å². The molecule has 2 amide bonds. The second-order valence-corrected chi connectivity index (χ2v) is 5.15. The molecule has 0 saturated carbocycles. The average molecular weight is 332 g/mol. The second kappa shape index (κ2) is 7.23. The third kappa shape index (κ3) is 4.54. The van der Waals surface area contributed by atoms with Gasteiger partial charge >= 0.3 is 11.8 Å². The van der Waals surface area contributed by atoms with Gasteiger partial charge in [-0.05, 0) is 27.7 Å². The summed E-state index contributed by atoms with van der Waals surface area (Å²) >= 11 is 0. The predicted molar refractivity (Wildman–Crippen MR) is 68.5 cm³/mol. The van der Waals surface area contributed by atoms with Crippen molar-refractivity contribution in [1.29, 1.82) is 0 Å². The molecule has 0 unspecified atom stereocenters. The van der Waals surface area contributed by atoms with E-state index in [1.807, 2.05) is 0 Å². The Balaban J connectivity index is 5.14. The molecule has 0 aliphatic carbocycles. The molecule has 0 radical (unpaired) electrons. The highest BCUT2D eigenvalue weighted by molar-refractivity contribution is 5.95. The number of alkyl halides is 4. The van der Waals surface area contributed by atoms with Gasteiger partial charge in [-0.3, -0.25) is 9.59 Å². The summed E-state index contributed by atoms with van der Waals surface area (Å²) in [4.78, 5) is 22.5. The zero-order valence-electron chi connectivity index (χ0n) is 12.5. The van der Waals surface area contributed by atoms with Crippen LogP contribution in [-0.2, 0) is 9.59 Å². The van der Waals surface area contributed by atoms with Gasteiger partial charge in [0.05, 0.1) is 24.3 Å². The molecule has 0 heterocycles. The predicted octanol–water partition coefficient (Wildman–Crippen LogP) is 0.0280. The van der Waals surface area contributed by atoms with Crippen LogP contribution in [0.3, 0.4) is 0 Å². The summed E-state index contributed by atoms with van der Waals surface area (Å²) < 4.78 is 54.2. The fourth-order valence-electron chi connectivity index (χ4n) is 1.12. The van der Waals surface area contributed by atoms with Crippen molar-refractivity contribution >= 4 is 11.8 Å². The van der Waals surface area contributed by atoms with E-state index in [0.717, 1.165) is 27.7 Å². The lowest BCUT2D eigenvalue weighted by Crippen LogP contribution is -2.62. The van der Waals surface area contributed by atoms with E-state index in [1.54, 1.807) is 0 Å². The molecule has 0 aromatic rings. The topological polar surface area (TPSA) is 98.7 Å². The number of halogens is 4. The number of aliphatic hydroxyl groups is 2. The Kier molecular flexibility index (Phi) is 6.76. The molecule has 0 aromatic heterocycles. The van der Waals surface area contributed by atoms with Crippen LogP contribution >= 0.6 is 0 Å². The lowest BCUT2D eigenvalue weighted by Gasteiger charge is -2.28. The van der Waals surface area contributed by atoms with Crippen LogP contribution < -0.4 is 10.6 Å². The molecular weight excluding hydrogens is 312 g/mol. The number of carbonyl (C=O) groups is 2. The number of aliphatic hydroxyl groups excluding tert-OH is 2. The van der Waals surface area contributed by atoms with E-state index in [9.17, 15) is 27.2 Å². The Morgan fingerprint density at radius 2 is 1.00 bits per heavy atom. The van der Waals surface area contributed by atoms with Gasteiger partial charge in [0.1, 0.15) is 0 Å². The molecule has 0 aromatic carbocycles. The molecule has 6 nitrogen and oxygen atoms in total. The van der Waals surface area contributed by atoms with Crippen molar-refractivity contribution in [3.63, 3.8) is 0 Å². The minimum Gasteiger partial charge on any atom is -0.391 e. The Morgan fingerprint density at radius 1 is 0.773 bits per heavy atom. The monoisotopic (exact) mass is 332 g/mol. The summed E-state index contributed by atoms with van der Waals surface area (Å²) in [5, 5.41) is 21.2. The zero-order valence-corrected chi connectivity index (χ0v) is 12.5. The first-order valence-corrected chi connectivity index (χ1v) is 6.48. The third-order valence-corrected chi connectivity index (χ3v) is 3.13. The van der Waals surface area contributed by atoms with Crippen LogP contribution in [-0.4, -0.2) is 58.2 Å². The van der Waals surface area contributed by atoms with Gasteiger partial charge in [0.15, 0.2) is 0 Å². The zero-order chi connectivity index (χ0) is 17.9. The van der Waals surface area contributed by atoms with Crippen LogP contribution in [0.5, 0.6) is 0 Å². The second-order valence-electron chi connectivity index (χ2n) is 5.15. The maximum atomic E-state index is 13.6. The van der Waals surface area contributed by atoms with Crippen molar-refractivity contribution in [3.8, 4) is 0 Å². The highest BCUT2D eigenvalue weighted by Crippen LogP contribution is 2.35. The Hall–Kier alpha value is -1.42. The van der Waals surface area contributed by atoms with Crippen LogP contribution in [0.25, 0.3) is 0 Å². The lowest BCUT2D eigenvalue weighted by molar-refractivity contribution is -0.212. The number of carbonyl (C=O) groups excluding carboxylic acids is 2. The van der Waals surface area contributed by atoms with Crippen molar-refractivity contribution in [3.05, 3.63) is 0 Å².